The molecule has 0 saturated carbocycles. The summed E-state index contributed by atoms with van der Waals surface area (Å²) < 4.78 is 13.0. The zero-order chi connectivity index (χ0) is 12.4. The Labute approximate surface area is 106 Å². The maximum absolute atomic E-state index is 13.0. The molecule has 1 saturated heterocycles. The first-order valence-electron chi connectivity index (χ1n) is 6.26. The van der Waals surface area contributed by atoms with Crippen molar-refractivity contribution < 1.29 is 4.39 Å². The number of nitrogens with zero attached hydrogens (tertiary/aromatic N) is 1. The van der Waals surface area contributed by atoms with Gasteiger partial charge in [-0.1, -0.05) is 24.0 Å². The van der Waals surface area contributed by atoms with Crippen LogP contribution in [0.15, 0.2) is 36.0 Å². The Balaban J connectivity index is 1.75. The number of benzene rings is 1. The van der Waals surface area contributed by atoms with Crippen molar-refractivity contribution >= 4 is 0 Å². The van der Waals surface area contributed by atoms with Gasteiger partial charge < -0.3 is 10.2 Å². The van der Waals surface area contributed by atoms with E-state index in [2.05, 4.69) is 28.1 Å². The second kappa shape index (κ2) is 4.83. The summed E-state index contributed by atoms with van der Waals surface area (Å²) in [6.45, 7) is 2.96. The fourth-order valence-electron chi connectivity index (χ4n) is 2.45. The SMILES string of the molecule is Fc1cccc(C#C[C@H]2CC=C3CNCCN32)c1. The first-order chi connectivity index (χ1) is 8.83. The first-order valence-corrected chi connectivity index (χ1v) is 6.26. The molecule has 1 N–H and O–H groups in total. The van der Waals surface area contributed by atoms with Crippen LogP contribution >= 0.6 is 0 Å². The quantitative estimate of drug-likeness (QED) is 0.697. The van der Waals surface area contributed by atoms with E-state index < -0.39 is 0 Å². The lowest BCUT2D eigenvalue weighted by Crippen LogP contribution is -2.43. The van der Waals surface area contributed by atoms with Crippen molar-refractivity contribution in [1.82, 2.24) is 10.2 Å². The van der Waals surface area contributed by atoms with E-state index >= 15 is 0 Å². The highest BCUT2D eigenvalue weighted by atomic mass is 19.1. The Morgan fingerprint density at radius 1 is 1.39 bits per heavy atom. The van der Waals surface area contributed by atoms with Crippen molar-refractivity contribution in [3.63, 3.8) is 0 Å². The number of halogens is 1. The van der Waals surface area contributed by atoms with E-state index in [-0.39, 0.29) is 11.9 Å². The summed E-state index contributed by atoms with van der Waals surface area (Å²) in [5.74, 6) is 6.10. The molecular formula is C15H15FN2. The summed E-state index contributed by atoms with van der Waals surface area (Å²) in [5, 5.41) is 3.35. The van der Waals surface area contributed by atoms with Gasteiger partial charge in [0.05, 0.1) is 6.04 Å². The molecule has 0 radical (unpaired) electrons. The van der Waals surface area contributed by atoms with Crippen LogP contribution in [0.5, 0.6) is 0 Å². The summed E-state index contributed by atoms with van der Waals surface area (Å²) in [5.41, 5.74) is 2.10. The van der Waals surface area contributed by atoms with Gasteiger partial charge in [0.15, 0.2) is 0 Å². The molecule has 92 valence electrons. The molecule has 2 nitrogen and oxygen atoms in total. The van der Waals surface area contributed by atoms with E-state index in [9.17, 15) is 4.39 Å². The number of fused-ring (bicyclic) bond motifs is 1. The summed E-state index contributed by atoms with van der Waals surface area (Å²) in [6.07, 6.45) is 3.22. The van der Waals surface area contributed by atoms with Crippen molar-refractivity contribution in [3.8, 4) is 11.8 Å². The van der Waals surface area contributed by atoms with E-state index in [0.29, 0.717) is 0 Å². The predicted molar refractivity (Wildman–Crippen MR) is 69.3 cm³/mol. The summed E-state index contributed by atoms with van der Waals surface area (Å²) in [7, 11) is 0. The molecule has 0 unspecified atom stereocenters. The highest BCUT2D eigenvalue weighted by molar-refractivity contribution is 5.37. The van der Waals surface area contributed by atoms with Crippen molar-refractivity contribution in [3.05, 3.63) is 47.4 Å². The van der Waals surface area contributed by atoms with E-state index in [4.69, 9.17) is 0 Å². The minimum absolute atomic E-state index is 0.228. The molecule has 1 atom stereocenters. The van der Waals surface area contributed by atoms with E-state index in [0.717, 1.165) is 31.6 Å². The van der Waals surface area contributed by atoms with Gasteiger partial charge in [-0.25, -0.2) is 4.39 Å². The predicted octanol–water partition coefficient (Wildman–Crippen LogP) is 1.74. The van der Waals surface area contributed by atoms with Gasteiger partial charge in [0.2, 0.25) is 0 Å². The van der Waals surface area contributed by atoms with Crippen LogP contribution in [0.25, 0.3) is 0 Å². The van der Waals surface area contributed by atoms with Gasteiger partial charge in [0.1, 0.15) is 5.82 Å². The van der Waals surface area contributed by atoms with Gasteiger partial charge in [0, 0.05) is 30.9 Å². The Kier molecular flexibility index (Phi) is 3.04. The van der Waals surface area contributed by atoms with Gasteiger partial charge in [-0.3, -0.25) is 0 Å². The van der Waals surface area contributed by atoms with Crippen LogP contribution in [0.2, 0.25) is 0 Å². The molecule has 3 rings (SSSR count). The standard InChI is InChI=1S/C15H15FN2/c16-13-3-1-2-12(10-13)4-5-14-6-7-15-11-17-8-9-18(14)15/h1-3,7,10,14,17H,6,8-9,11H2/t14-/m0/s1. The minimum atomic E-state index is -0.228. The fraction of sp³-hybridized carbons (Fsp3) is 0.333. The van der Waals surface area contributed by atoms with Gasteiger partial charge in [-0.2, -0.15) is 0 Å². The number of piperazine rings is 1. The van der Waals surface area contributed by atoms with E-state index in [1.807, 2.05) is 6.07 Å². The Morgan fingerprint density at radius 2 is 2.33 bits per heavy atom. The van der Waals surface area contributed by atoms with Crippen molar-refractivity contribution in [2.75, 3.05) is 19.6 Å². The molecule has 0 bridgehead atoms. The fourth-order valence-corrected chi connectivity index (χ4v) is 2.45. The molecule has 0 aliphatic carbocycles. The van der Waals surface area contributed by atoms with E-state index in [1.54, 1.807) is 6.07 Å². The van der Waals surface area contributed by atoms with Crippen LogP contribution < -0.4 is 5.32 Å². The maximum Gasteiger partial charge on any atom is 0.124 e. The van der Waals surface area contributed by atoms with Gasteiger partial charge in [-0.05, 0) is 24.6 Å². The molecule has 18 heavy (non-hydrogen) atoms. The average molecular weight is 242 g/mol. The summed E-state index contributed by atoms with van der Waals surface area (Å²) >= 11 is 0. The molecule has 2 heterocycles. The molecule has 3 heteroatoms. The monoisotopic (exact) mass is 242 g/mol. The third-order valence-electron chi connectivity index (χ3n) is 3.37. The van der Waals surface area contributed by atoms with Gasteiger partial charge in [0.25, 0.3) is 0 Å². The largest absolute Gasteiger partial charge is 0.359 e. The Bertz CT molecular complexity index is 539. The first kappa shape index (κ1) is 11.3. The average Bonchev–Trinajstić information content (AvgIpc) is 2.80. The Hall–Kier alpha value is -1.79. The van der Waals surface area contributed by atoms with Crippen molar-refractivity contribution in [2.45, 2.75) is 12.5 Å². The van der Waals surface area contributed by atoms with Crippen LogP contribution in [-0.4, -0.2) is 30.6 Å². The number of nitrogens with one attached hydrogen (secondary N) is 1. The number of hydrogen-bond acceptors (Lipinski definition) is 2. The topological polar surface area (TPSA) is 15.3 Å². The number of rotatable bonds is 0. The maximum atomic E-state index is 13.0. The zero-order valence-electron chi connectivity index (χ0n) is 10.1. The Morgan fingerprint density at radius 3 is 3.22 bits per heavy atom. The normalized spacial score (nSPS) is 21.9. The third kappa shape index (κ3) is 2.25. The molecule has 2 aliphatic rings. The van der Waals surface area contributed by atoms with Gasteiger partial charge >= 0.3 is 0 Å². The summed E-state index contributed by atoms with van der Waals surface area (Å²) in [4.78, 5) is 2.35. The molecule has 2 aliphatic heterocycles. The van der Waals surface area contributed by atoms with Crippen LogP contribution in [-0.2, 0) is 0 Å². The molecule has 0 aromatic heterocycles. The minimum Gasteiger partial charge on any atom is -0.359 e. The van der Waals surface area contributed by atoms with Crippen LogP contribution in [0.4, 0.5) is 4.39 Å². The van der Waals surface area contributed by atoms with Crippen LogP contribution in [0.3, 0.4) is 0 Å². The van der Waals surface area contributed by atoms with Crippen LogP contribution in [0, 0.1) is 17.7 Å². The lowest BCUT2D eigenvalue weighted by Gasteiger charge is -2.31. The molecule has 1 fully saturated rings. The lowest BCUT2D eigenvalue weighted by molar-refractivity contribution is 0.289. The number of hydrogen-bond donors (Lipinski definition) is 1. The smallest absolute Gasteiger partial charge is 0.124 e. The lowest BCUT2D eigenvalue weighted by atomic mass is 10.2. The molecular weight excluding hydrogens is 227 g/mol. The highest BCUT2D eigenvalue weighted by Gasteiger charge is 2.25. The van der Waals surface area contributed by atoms with Crippen molar-refractivity contribution in [2.24, 2.45) is 0 Å². The van der Waals surface area contributed by atoms with Crippen molar-refractivity contribution in [1.29, 1.82) is 0 Å². The molecule has 0 spiro atoms. The molecule has 0 amide bonds. The second-order valence-electron chi connectivity index (χ2n) is 4.60. The summed E-state index contributed by atoms with van der Waals surface area (Å²) in [6, 6.07) is 6.72. The van der Waals surface area contributed by atoms with E-state index in [1.165, 1.54) is 17.8 Å². The van der Waals surface area contributed by atoms with Gasteiger partial charge in [-0.15, -0.1) is 0 Å². The third-order valence-corrected chi connectivity index (χ3v) is 3.37. The molecule has 1 aromatic carbocycles. The molecule has 1 aromatic rings. The zero-order valence-corrected chi connectivity index (χ0v) is 10.1. The second-order valence-corrected chi connectivity index (χ2v) is 4.60. The highest BCUT2D eigenvalue weighted by Crippen LogP contribution is 2.22. The van der Waals surface area contributed by atoms with Crippen LogP contribution in [0.1, 0.15) is 12.0 Å².